The summed E-state index contributed by atoms with van der Waals surface area (Å²) in [7, 11) is 0. The van der Waals surface area contributed by atoms with Crippen LogP contribution in [0.5, 0.6) is 0 Å². The summed E-state index contributed by atoms with van der Waals surface area (Å²) in [5.74, 6) is 0.825. The molecule has 0 amide bonds. The smallest absolute Gasteiger partial charge is 0.306 e. The van der Waals surface area contributed by atoms with Crippen molar-refractivity contribution in [1.82, 2.24) is 0 Å². The quantitative estimate of drug-likeness (QED) is 0.0343. The molecular formula is C60H116O6. The van der Waals surface area contributed by atoms with Crippen molar-refractivity contribution in [3.05, 3.63) is 0 Å². The first kappa shape index (κ1) is 64.4. The third-order valence-electron chi connectivity index (χ3n) is 13.7. The molecule has 0 aromatic heterocycles. The molecule has 0 radical (unpaired) electrons. The summed E-state index contributed by atoms with van der Waals surface area (Å²) >= 11 is 0. The average molecular weight is 934 g/mol. The van der Waals surface area contributed by atoms with Gasteiger partial charge in [0.25, 0.3) is 0 Å². The molecule has 0 aliphatic rings. The molecule has 0 aromatic rings. The SMILES string of the molecule is CCCCCCCCCCCCCCCCCCCCC(=O)O[C@H](COC(=O)CCCCCCCCCCCCCCCCC(C)C)COC(=O)CCCCCCCCCCCCC(C)C. The van der Waals surface area contributed by atoms with Gasteiger partial charge in [-0.25, -0.2) is 0 Å². The highest BCUT2D eigenvalue weighted by Gasteiger charge is 2.19. The molecule has 0 spiro atoms. The van der Waals surface area contributed by atoms with Gasteiger partial charge in [-0.15, -0.1) is 0 Å². The van der Waals surface area contributed by atoms with E-state index in [1.54, 1.807) is 0 Å². The highest BCUT2D eigenvalue weighted by atomic mass is 16.6. The Hall–Kier alpha value is -1.59. The molecule has 0 unspecified atom stereocenters. The Morgan fingerprint density at radius 1 is 0.288 bits per heavy atom. The van der Waals surface area contributed by atoms with Crippen LogP contribution in [0.25, 0.3) is 0 Å². The van der Waals surface area contributed by atoms with Crippen molar-refractivity contribution in [1.29, 1.82) is 0 Å². The van der Waals surface area contributed by atoms with Crippen LogP contribution in [0.4, 0.5) is 0 Å². The van der Waals surface area contributed by atoms with Gasteiger partial charge in [0.1, 0.15) is 13.2 Å². The van der Waals surface area contributed by atoms with E-state index in [9.17, 15) is 14.4 Å². The summed E-state index contributed by atoms with van der Waals surface area (Å²) in [6.07, 6.45) is 56.7. The van der Waals surface area contributed by atoms with E-state index >= 15 is 0 Å². The number of ether oxygens (including phenoxy) is 3. The fourth-order valence-electron chi connectivity index (χ4n) is 9.23. The Kier molecular flexibility index (Phi) is 51.5. The van der Waals surface area contributed by atoms with Gasteiger partial charge in [-0.3, -0.25) is 14.4 Å². The van der Waals surface area contributed by atoms with Crippen molar-refractivity contribution in [3.8, 4) is 0 Å². The molecule has 0 N–H and O–H groups in total. The summed E-state index contributed by atoms with van der Waals surface area (Å²) in [4.78, 5) is 38.2. The molecule has 0 saturated heterocycles. The monoisotopic (exact) mass is 933 g/mol. The first-order valence-electron chi connectivity index (χ1n) is 29.7. The summed E-state index contributed by atoms with van der Waals surface area (Å²) in [6, 6.07) is 0. The molecule has 6 nitrogen and oxygen atoms in total. The number of hydrogen-bond donors (Lipinski definition) is 0. The zero-order chi connectivity index (χ0) is 48.2. The van der Waals surface area contributed by atoms with Crippen molar-refractivity contribution >= 4 is 17.9 Å². The van der Waals surface area contributed by atoms with Gasteiger partial charge in [-0.05, 0) is 31.1 Å². The van der Waals surface area contributed by atoms with E-state index in [4.69, 9.17) is 14.2 Å². The lowest BCUT2D eigenvalue weighted by Crippen LogP contribution is -2.30. The van der Waals surface area contributed by atoms with Gasteiger partial charge < -0.3 is 14.2 Å². The van der Waals surface area contributed by atoms with E-state index in [2.05, 4.69) is 34.6 Å². The van der Waals surface area contributed by atoms with Crippen molar-refractivity contribution in [3.63, 3.8) is 0 Å². The first-order chi connectivity index (χ1) is 32.2. The Morgan fingerprint density at radius 2 is 0.500 bits per heavy atom. The van der Waals surface area contributed by atoms with Crippen molar-refractivity contribution in [2.75, 3.05) is 13.2 Å². The van der Waals surface area contributed by atoms with Crippen LogP contribution in [0.1, 0.15) is 336 Å². The Morgan fingerprint density at radius 3 is 0.742 bits per heavy atom. The lowest BCUT2D eigenvalue weighted by molar-refractivity contribution is -0.167. The largest absolute Gasteiger partial charge is 0.462 e. The molecule has 0 aliphatic heterocycles. The summed E-state index contributed by atoms with van der Waals surface area (Å²) in [5, 5.41) is 0. The molecule has 66 heavy (non-hydrogen) atoms. The second-order valence-electron chi connectivity index (χ2n) is 21.6. The van der Waals surface area contributed by atoms with Gasteiger partial charge in [0.2, 0.25) is 0 Å². The molecule has 0 heterocycles. The molecule has 0 aliphatic carbocycles. The van der Waals surface area contributed by atoms with Crippen LogP contribution >= 0.6 is 0 Å². The number of carbonyl (C=O) groups is 3. The second kappa shape index (κ2) is 52.8. The summed E-state index contributed by atoms with van der Waals surface area (Å²) < 4.78 is 16.9. The molecule has 392 valence electrons. The maximum atomic E-state index is 12.9. The third kappa shape index (κ3) is 53.4. The molecule has 0 rings (SSSR count). The molecule has 1 atom stereocenters. The number of esters is 3. The third-order valence-corrected chi connectivity index (χ3v) is 13.7. The van der Waals surface area contributed by atoms with E-state index in [1.807, 2.05) is 0 Å². The highest BCUT2D eigenvalue weighted by Crippen LogP contribution is 2.18. The maximum Gasteiger partial charge on any atom is 0.306 e. The minimum absolute atomic E-state index is 0.0627. The van der Waals surface area contributed by atoms with Crippen LogP contribution in [0.2, 0.25) is 0 Å². The molecule has 0 bridgehead atoms. The van der Waals surface area contributed by atoms with Gasteiger partial charge in [-0.1, -0.05) is 298 Å². The molecule has 6 heteroatoms. The average Bonchev–Trinajstić information content (AvgIpc) is 3.29. The standard InChI is InChI=1S/C60H116O6/c1-6-7-8-9-10-11-12-13-14-15-16-17-22-25-32-37-42-47-52-60(63)66-57(54-65-59(62)51-46-41-36-31-27-26-29-34-39-44-49-56(4)5)53-64-58(61)50-45-40-35-30-24-21-19-18-20-23-28-33-38-43-48-55(2)3/h55-57H,6-54H2,1-5H3/t57-/m1/s1. The predicted molar refractivity (Wildman–Crippen MR) is 284 cm³/mol. The van der Waals surface area contributed by atoms with Crippen LogP contribution in [-0.4, -0.2) is 37.2 Å². The van der Waals surface area contributed by atoms with Crippen molar-refractivity contribution < 1.29 is 28.6 Å². The topological polar surface area (TPSA) is 78.9 Å². The van der Waals surface area contributed by atoms with Crippen molar-refractivity contribution in [2.24, 2.45) is 11.8 Å². The highest BCUT2D eigenvalue weighted by molar-refractivity contribution is 5.71. The van der Waals surface area contributed by atoms with Crippen LogP contribution in [0.15, 0.2) is 0 Å². The van der Waals surface area contributed by atoms with Gasteiger partial charge in [0, 0.05) is 19.3 Å². The van der Waals surface area contributed by atoms with Crippen LogP contribution in [0.3, 0.4) is 0 Å². The molecule has 0 saturated carbocycles. The zero-order valence-corrected chi connectivity index (χ0v) is 45.3. The first-order valence-corrected chi connectivity index (χ1v) is 29.7. The lowest BCUT2D eigenvalue weighted by Gasteiger charge is -2.18. The van der Waals surface area contributed by atoms with Crippen LogP contribution in [0, 0.1) is 11.8 Å². The number of hydrogen-bond acceptors (Lipinski definition) is 6. The van der Waals surface area contributed by atoms with Crippen LogP contribution < -0.4 is 0 Å². The molecular weight excluding hydrogens is 817 g/mol. The Labute approximate surface area is 412 Å². The predicted octanol–water partition coefficient (Wildman–Crippen LogP) is 19.7. The fourth-order valence-corrected chi connectivity index (χ4v) is 9.23. The fraction of sp³-hybridized carbons (Fsp3) is 0.950. The van der Waals surface area contributed by atoms with E-state index in [1.165, 1.54) is 225 Å². The lowest BCUT2D eigenvalue weighted by atomic mass is 10.0. The minimum atomic E-state index is -0.763. The van der Waals surface area contributed by atoms with E-state index in [0.29, 0.717) is 19.3 Å². The zero-order valence-electron chi connectivity index (χ0n) is 45.3. The van der Waals surface area contributed by atoms with Crippen molar-refractivity contribution in [2.45, 2.75) is 343 Å². The number of carbonyl (C=O) groups excluding carboxylic acids is 3. The van der Waals surface area contributed by atoms with E-state index < -0.39 is 6.10 Å². The van der Waals surface area contributed by atoms with Gasteiger partial charge in [-0.2, -0.15) is 0 Å². The molecule has 0 aromatic carbocycles. The Balaban J connectivity index is 4.28. The minimum Gasteiger partial charge on any atom is -0.462 e. The van der Waals surface area contributed by atoms with Gasteiger partial charge in [0.15, 0.2) is 6.10 Å². The summed E-state index contributed by atoms with van der Waals surface area (Å²) in [6.45, 7) is 11.4. The molecule has 0 fully saturated rings. The number of rotatable bonds is 54. The van der Waals surface area contributed by atoms with E-state index in [0.717, 1.165) is 69.6 Å². The Bertz CT molecular complexity index is 1010. The second-order valence-corrected chi connectivity index (χ2v) is 21.6. The van der Waals surface area contributed by atoms with Crippen LogP contribution in [-0.2, 0) is 28.6 Å². The van der Waals surface area contributed by atoms with E-state index in [-0.39, 0.29) is 31.1 Å². The maximum absolute atomic E-state index is 12.9. The number of unbranched alkanes of at least 4 members (excludes halogenated alkanes) is 39. The van der Waals surface area contributed by atoms with Gasteiger partial charge in [0.05, 0.1) is 0 Å². The summed E-state index contributed by atoms with van der Waals surface area (Å²) in [5.41, 5.74) is 0. The normalized spacial score (nSPS) is 12.0. The van der Waals surface area contributed by atoms with Gasteiger partial charge >= 0.3 is 17.9 Å².